The number of esters is 3. The van der Waals surface area contributed by atoms with Gasteiger partial charge in [-0.25, -0.2) is 0 Å². The van der Waals surface area contributed by atoms with Gasteiger partial charge in [-0.2, -0.15) is 0 Å². The van der Waals surface area contributed by atoms with Crippen LogP contribution in [-0.4, -0.2) is 37.2 Å². The van der Waals surface area contributed by atoms with Crippen LogP contribution >= 0.6 is 0 Å². The first kappa shape index (κ1) is 78.1. The molecule has 6 nitrogen and oxygen atoms in total. The first-order chi connectivity index (χ1) is 40.5. The molecule has 470 valence electrons. The Morgan fingerprint density at radius 3 is 0.744 bits per heavy atom. The van der Waals surface area contributed by atoms with Crippen molar-refractivity contribution in [2.24, 2.45) is 0 Å². The van der Waals surface area contributed by atoms with Gasteiger partial charge < -0.3 is 14.2 Å². The van der Waals surface area contributed by atoms with Crippen molar-refractivity contribution in [1.29, 1.82) is 0 Å². The molecule has 0 radical (unpaired) electrons. The van der Waals surface area contributed by atoms with E-state index < -0.39 is 6.10 Å². The predicted molar refractivity (Wildman–Crippen MR) is 357 cm³/mol. The number of unbranched alkanes of at least 4 members (excludes halogenated alkanes) is 34. The minimum atomic E-state index is -0.790. The molecule has 0 bridgehead atoms. The van der Waals surface area contributed by atoms with Gasteiger partial charge >= 0.3 is 17.9 Å². The normalized spacial score (nSPS) is 12.8. The Morgan fingerprint density at radius 2 is 0.476 bits per heavy atom. The molecule has 1 unspecified atom stereocenters. The van der Waals surface area contributed by atoms with E-state index in [1.807, 2.05) is 0 Å². The third-order valence-electron chi connectivity index (χ3n) is 15.0. The highest BCUT2D eigenvalue weighted by Gasteiger charge is 2.19. The molecule has 0 saturated heterocycles. The number of allylic oxidation sites excluding steroid dienone is 18. The average Bonchev–Trinajstić information content (AvgIpc) is 3.47. The maximum absolute atomic E-state index is 13.0. The fraction of sp³-hybridized carbons (Fsp3) is 0.724. The Kier molecular flexibility index (Phi) is 66.2. The van der Waals surface area contributed by atoms with Gasteiger partial charge in [0.05, 0.1) is 0 Å². The summed E-state index contributed by atoms with van der Waals surface area (Å²) in [7, 11) is 0. The molecule has 0 aromatic carbocycles. The first-order valence-corrected chi connectivity index (χ1v) is 34.9. The van der Waals surface area contributed by atoms with Crippen molar-refractivity contribution in [2.75, 3.05) is 13.2 Å². The molecular weight excluding hydrogens is 1010 g/mol. The molecule has 0 rings (SSSR count). The minimum absolute atomic E-state index is 0.0829. The Hall–Kier alpha value is -3.93. The Labute approximate surface area is 508 Å². The van der Waals surface area contributed by atoms with Crippen molar-refractivity contribution in [3.63, 3.8) is 0 Å². The fourth-order valence-electron chi connectivity index (χ4n) is 9.88. The van der Waals surface area contributed by atoms with Gasteiger partial charge in [-0.05, 0) is 103 Å². The highest BCUT2D eigenvalue weighted by Crippen LogP contribution is 2.17. The van der Waals surface area contributed by atoms with E-state index in [2.05, 4.69) is 130 Å². The zero-order chi connectivity index (χ0) is 59.2. The van der Waals surface area contributed by atoms with Crippen molar-refractivity contribution in [3.05, 3.63) is 109 Å². The van der Waals surface area contributed by atoms with E-state index in [0.717, 1.165) is 128 Å². The fourth-order valence-corrected chi connectivity index (χ4v) is 9.88. The average molecular weight is 1140 g/mol. The van der Waals surface area contributed by atoms with Crippen LogP contribution in [0.2, 0.25) is 0 Å². The summed E-state index contributed by atoms with van der Waals surface area (Å²) in [6.45, 7) is 6.44. The van der Waals surface area contributed by atoms with Crippen LogP contribution in [0, 0.1) is 0 Å². The Morgan fingerprint density at radius 1 is 0.256 bits per heavy atom. The number of carbonyl (C=O) groups excluding carboxylic acids is 3. The number of hydrogen-bond donors (Lipinski definition) is 0. The number of hydrogen-bond acceptors (Lipinski definition) is 6. The van der Waals surface area contributed by atoms with E-state index in [4.69, 9.17) is 14.2 Å². The van der Waals surface area contributed by atoms with E-state index in [1.165, 1.54) is 167 Å². The highest BCUT2D eigenvalue weighted by molar-refractivity contribution is 5.71. The molecule has 82 heavy (non-hydrogen) atoms. The summed E-state index contributed by atoms with van der Waals surface area (Å²) in [5.74, 6) is -0.887. The zero-order valence-corrected chi connectivity index (χ0v) is 54.0. The van der Waals surface area contributed by atoms with E-state index in [0.29, 0.717) is 19.3 Å². The molecule has 0 aliphatic rings. The van der Waals surface area contributed by atoms with Crippen LogP contribution in [0.1, 0.15) is 335 Å². The van der Waals surface area contributed by atoms with Crippen molar-refractivity contribution in [1.82, 2.24) is 0 Å². The van der Waals surface area contributed by atoms with E-state index in [1.54, 1.807) is 0 Å². The molecule has 0 aromatic rings. The topological polar surface area (TPSA) is 78.9 Å². The lowest BCUT2D eigenvalue weighted by atomic mass is 10.0. The molecule has 0 aromatic heterocycles. The molecule has 6 heteroatoms. The molecule has 0 spiro atoms. The molecule has 0 aliphatic heterocycles. The minimum Gasteiger partial charge on any atom is -0.462 e. The van der Waals surface area contributed by atoms with Gasteiger partial charge in [-0.15, -0.1) is 0 Å². The van der Waals surface area contributed by atoms with Gasteiger partial charge in [0, 0.05) is 19.3 Å². The predicted octanol–water partition coefficient (Wildman–Crippen LogP) is 24.2. The molecule has 0 heterocycles. The second-order valence-corrected chi connectivity index (χ2v) is 23.0. The van der Waals surface area contributed by atoms with Crippen LogP contribution in [0.5, 0.6) is 0 Å². The van der Waals surface area contributed by atoms with Crippen molar-refractivity contribution in [2.45, 2.75) is 341 Å². The van der Waals surface area contributed by atoms with Gasteiger partial charge in [-0.3, -0.25) is 14.4 Å². The standard InChI is InChI=1S/C76H130O6/c1-4-7-10-13-16-19-22-25-28-31-34-37-38-40-42-45-48-51-54-57-60-63-66-69-75(78)81-72-73(71-80-74(77)68-65-62-59-56-53-50-47-44-41-36-33-30-27-24-21-18-15-12-9-6-3)82-76(79)70-67-64-61-58-55-52-49-46-43-39-35-32-29-26-23-20-17-14-11-8-5-2/h7-8,10-11,16-17,19-20,25-26,28-29,34-35,37,39-40,42,73H,4-6,9,12-15,18,21-24,27,30-33,36,38,41,43-72H2,1-3H3/b10-7-,11-8-,19-16-,20-17-,28-25-,29-26-,37-34-,39-35-,42-40-. The number of rotatable bonds is 63. The lowest BCUT2D eigenvalue weighted by molar-refractivity contribution is -0.167. The van der Waals surface area contributed by atoms with E-state index >= 15 is 0 Å². The second kappa shape index (κ2) is 69.6. The zero-order valence-electron chi connectivity index (χ0n) is 54.0. The first-order valence-electron chi connectivity index (χ1n) is 34.9. The quantitative estimate of drug-likeness (QED) is 0.0261. The van der Waals surface area contributed by atoms with Crippen LogP contribution in [-0.2, 0) is 28.6 Å². The number of carbonyl (C=O) groups is 3. The maximum Gasteiger partial charge on any atom is 0.306 e. The summed E-state index contributed by atoms with van der Waals surface area (Å²) in [4.78, 5) is 38.5. The van der Waals surface area contributed by atoms with Crippen LogP contribution in [0.4, 0.5) is 0 Å². The van der Waals surface area contributed by atoms with Crippen molar-refractivity contribution >= 4 is 17.9 Å². The van der Waals surface area contributed by atoms with Crippen LogP contribution < -0.4 is 0 Å². The summed E-state index contributed by atoms with van der Waals surface area (Å²) >= 11 is 0. The van der Waals surface area contributed by atoms with Crippen LogP contribution in [0.15, 0.2) is 109 Å². The summed E-state index contributed by atoms with van der Waals surface area (Å²) in [6, 6.07) is 0. The number of ether oxygens (including phenoxy) is 3. The smallest absolute Gasteiger partial charge is 0.306 e. The summed E-state index contributed by atoms with van der Waals surface area (Å²) < 4.78 is 17.0. The van der Waals surface area contributed by atoms with Gasteiger partial charge in [-0.1, -0.05) is 323 Å². The van der Waals surface area contributed by atoms with Gasteiger partial charge in [0.2, 0.25) is 0 Å². The monoisotopic (exact) mass is 1140 g/mol. The third kappa shape index (κ3) is 66.9. The molecule has 0 amide bonds. The SMILES string of the molecule is CC/C=C\C/C=C\C/C=C\C/C=C\C/C=C\CCCCCCCCCC(=O)OCC(COC(=O)CCCCCCCCCCCCCCCCCCCCCC)OC(=O)CCCCCCCCCC/C=C\C/C=C\C/C=C\C/C=C\CC. The Balaban J connectivity index is 4.41. The molecular formula is C76H130O6. The third-order valence-corrected chi connectivity index (χ3v) is 15.0. The molecule has 1 atom stereocenters. The summed E-state index contributed by atoms with van der Waals surface area (Å²) in [5.41, 5.74) is 0. The maximum atomic E-state index is 13.0. The van der Waals surface area contributed by atoms with Crippen molar-refractivity contribution < 1.29 is 28.6 Å². The molecule has 0 N–H and O–H groups in total. The summed E-state index contributed by atoms with van der Waals surface area (Å²) in [6.07, 6.45) is 95.3. The largest absolute Gasteiger partial charge is 0.462 e. The lowest BCUT2D eigenvalue weighted by Gasteiger charge is -2.18. The summed E-state index contributed by atoms with van der Waals surface area (Å²) in [5, 5.41) is 0. The van der Waals surface area contributed by atoms with Crippen LogP contribution in [0.3, 0.4) is 0 Å². The van der Waals surface area contributed by atoms with E-state index in [9.17, 15) is 14.4 Å². The molecule has 0 aliphatic carbocycles. The van der Waals surface area contributed by atoms with Crippen molar-refractivity contribution in [3.8, 4) is 0 Å². The molecule has 0 fully saturated rings. The van der Waals surface area contributed by atoms with E-state index in [-0.39, 0.29) is 31.1 Å². The Bertz CT molecular complexity index is 1640. The van der Waals surface area contributed by atoms with Crippen LogP contribution in [0.25, 0.3) is 0 Å². The van der Waals surface area contributed by atoms with Gasteiger partial charge in [0.25, 0.3) is 0 Å². The highest BCUT2D eigenvalue weighted by atomic mass is 16.6. The lowest BCUT2D eigenvalue weighted by Crippen LogP contribution is -2.30. The molecule has 0 saturated carbocycles. The van der Waals surface area contributed by atoms with Gasteiger partial charge in [0.15, 0.2) is 6.10 Å². The van der Waals surface area contributed by atoms with Gasteiger partial charge in [0.1, 0.15) is 13.2 Å². The second-order valence-electron chi connectivity index (χ2n) is 23.0.